The van der Waals surface area contributed by atoms with E-state index in [9.17, 15) is 4.79 Å². The number of hydrogen-bond donors (Lipinski definition) is 1. The van der Waals surface area contributed by atoms with Crippen LogP contribution < -0.4 is 5.32 Å². The van der Waals surface area contributed by atoms with Crippen LogP contribution in [-0.2, 0) is 4.79 Å². The molecule has 7 heteroatoms. The highest BCUT2D eigenvalue weighted by molar-refractivity contribution is 7.99. The molecule has 0 saturated carbocycles. The van der Waals surface area contributed by atoms with Crippen molar-refractivity contribution >= 4 is 35.0 Å². The van der Waals surface area contributed by atoms with Crippen LogP contribution in [-0.4, -0.2) is 26.4 Å². The number of benzene rings is 3. The van der Waals surface area contributed by atoms with Crippen molar-refractivity contribution in [3.63, 3.8) is 0 Å². The van der Waals surface area contributed by atoms with Crippen LogP contribution in [0.1, 0.15) is 22.3 Å². The Morgan fingerprint density at radius 1 is 0.909 bits per heavy atom. The molecule has 0 saturated heterocycles. The molecule has 5 nitrogen and oxygen atoms in total. The van der Waals surface area contributed by atoms with E-state index in [4.69, 9.17) is 11.6 Å². The van der Waals surface area contributed by atoms with Gasteiger partial charge in [-0.15, -0.1) is 10.2 Å². The maximum atomic E-state index is 12.8. The first-order valence-corrected chi connectivity index (χ1v) is 12.0. The van der Waals surface area contributed by atoms with Crippen LogP contribution in [0.25, 0.3) is 17.1 Å². The van der Waals surface area contributed by atoms with Crippen molar-refractivity contribution in [2.45, 2.75) is 32.9 Å². The highest BCUT2D eigenvalue weighted by Crippen LogP contribution is 2.29. The summed E-state index contributed by atoms with van der Waals surface area (Å²) in [6.45, 7) is 8.12. The van der Waals surface area contributed by atoms with Gasteiger partial charge in [-0.3, -0.25) is 9.36 Å². The Morgan fingerprint density at radius 2 is 1.55 bits per heavy atom. The van der Waals surface area contributed by atoms with Gasteiger partial charge >= 0.3 is 0 Å². The smallest absolute Gasteiger partial charge is 0.234 e. The molecule has 0 aliphatic carbocycles. The van der Waals surface area contributed by atoms with Crippen molar-refractivity contribution in [2.24, 2.45) is 0 Å². The average Bonchev–Trinajstić information content (AvgIpc) is 3.20. The summed E-state index contributed by atoms with van der Waals surface area (Å²) in [7, 11) is 0. The normalized spacial score (nSPS) is 10.9. The van der Waals surface area contributed by atoms with Crippen molar-refractivity contribution in [1.82, 2.24) is 14.8 Å². The number of halogens is 1. The lowest BCUT2D eigenvalue weighted by Gasteiger charge is -2.13. The van der Waals surface area contributed by atoms with E-state index in [2.05, 4.69) is 34.6 Å². The first-order chi connectivity index (χ1) is 15.8. The van der Waals surface area contributed by atoms with Crippen molar-refractivity contribution in [3.8, 4) is 17.1 Å². The molecule has 1 aromatic heterocycles. The van der Waals surface area contributed by atoms with Crippen LogP contribution in [0.5, 0.6) is 0 Å². The van der Waals surface area contributed by atoms with E-state index in [0.717, 1.165) is 33.6 Å². The van der Waals surface area contributed by atoms with Crippen molar-refractivity contribution in [3.05, 3.63) is 87.9 Å². The Balaban J connectivity index is 1.60. The van der Waals surface area contributed by atoms with Crippen LogP contribution >= 0.6 is 23.4 Å². The molecule has 1 heterocycles. The first kappa shape index (κ1) is 23.1. The summed E-state index contributed by atoms with van der Waals surface area (Å²) < 4.78 is 1.98. The van der Waals surface area contributed by atoms with Gasteiger partial charge in [-0.2, -0.15) is 0 Å². The summed E-state index contributed by atoms with van der Waals surface area (Å²) in [6, 6.07) is 19.8. The summed E-state index contributed by atoms with van der Waals surface area (Å²) in [5.74, 6) is 0.836. The Kier molecular flexibility index (Phi) is 6.86. The first-order valence-electron chi connectivity index (χ1n) is 10.6. The highest BCUT2D eigenvalue weighted by atomic mass is 35.5. The van der Waals surface area contributed by atoms with E-state index in [0.29, 0.717) is 16.0 Å². The summed E-state index contributed by atoms with van der Waals surface area (Å²) >= 11 is 7.43. The number of anilines is 1. The topological polar surface area (TPSA) is 59.8 Å². The number of carbonyl (C=O) groups excluding carboxylic acids is 1. The predicted octanol–water partition coefficient (Wildman–Crippen LogP) is 6.55. The second-order valence-electron chi connectivity index (χ2n) is 8.09. The van der Waals surface area contributed by atoms with E-state index in [-0.39, 0.29) is 11.7 Å². The molecule has 0 unspecified atom stereocenters. The minimum Gasteiger partial charge on any atom is -0.325 e. The second kappa shape index (κ2) is 9.81. The Bertz CT molecular complexity index is 1270. The number of hydrogen-bond acceptors (Lipinski definition) is 4. The molecule has 4 rings (SSSR count). The van der Waals surface area contributed by atoms with Gasteiger partial charge in [-0.25, -0.2) is 0 Å². The molecule has 0 fully saturated rings. The SMILES string of the molecule is Cc1ccc(-n2c(SCC(=O)Nc3c(C)cc(C)cc3C)nnc2-c2ccc(Cl)cc2)cc1. The van der Waals surface area contributed by atoms with Crippen LogP contribution in [0.2, 0.25) is 5.02 Å². The number of nitrogens with zero attached hydrogens (tertiary/aromatic N) is 3. The molecule has 0 spiro atoms. The van der Waals surface area contributed by atoms with Gasteiger partial charge in [0.15, 0.2) is 11.0 Å². The van der Waals surface area contributed by atoms with E-state index < -0.39 is 0 Å². The third-order valence-electron chi connectivity index (χ3n) is 5.30. The van der Waals surface area contributed by atoms with Crippen molar-refractivity contribution in [2.75, 3.05) is 11.1 Å². The van der Waals surface area contributed by atoms with E-state index >= 15 is 0 Å². The predicted molar refractivity (Wildman–Crippen MR) is 137 cm³/mol. The molecular formula is C26H25ClN4OS. The summed E-state index contributed by atoms with van der Waals surface area (Å²) in [5, 5.41) is 13.2. The number of thioether (sulfide) groups is 1. The lowest BCUT2D eigenvalue weighted by Crippen LogP contribution is -2.16. The number of nitrogens with one attached hydrogen (secondary N) is 1. The van der Waals surface area contributed by atoms with Crippen LogP contribution in [0.3, 0.4) is 0 Å². The standard InChI is InChI=1S/C26H25ClN4OS/c1-16-5-11-22(12-6-16)31-25(20-7-9-21(27)10-8-20)29-30-26(31)33-15-23(32)28-24-18(3)13-17(2)14-19(24)4/h5-14H,15H2,1-4H3,(H,28,32). The van der Waals surface area contributed by atoms with Gasteiger partial charge in [-0.05, 0) is 75.2 Å². The minimum atomic E-state index is -0.0819. The third kappa shape index (κ3) is 5.29. The molecule has 4 aromatic rings. The molecule has 1 N–H and O–H groups in total. The molecule has 168 valence electrons. The van der Waals surface area contributed by atoms with Gasteiger partial charge in [-0.1, -0.05) is 58.8 Å². The minimum absolute atomic E-state index is 0.0819. The van der Waals surface area contributed by atoms with Crippen molar-refractivity contribution < 1.29 is 4.79 Å². The Hall–Kier alpha value is -3.09. The summed E-state index contributed by atoms with van der Waals surface area (Å²) in [6.07, 6.45) is 0. The van der Waals surface area contributed by atoms with Gasteiger partial charge < -0.3 is 5.32 Å². The van der Waals surface area contributed by atoms with E-state index in [1.54, 1.807) is 0 Å². The zero-order valence-electron chi connectivity index (χ0n) is 19.0. The monoisotopic (exact) mass is 476 g/mol. The fraction of sp³-hybridized carbons (Fsp3) is 0.192. The molecule has 0 radical (unpaired) electrons. The van der Waals surface area contributed by atoms with Gasteiger partial charge in [0.2, 0.25) is 5.91 Å². The number of aryl methyl sites for hydroxylation is 4. The molecule has 0 atom stereocenters. The molecule has 1 amide bonds. The number of amides is 1. The maximum absolute atomic E-state index is 12.8. The zero-order chi connectivity index (χ0) is 23.5. The molecular weight excluding hydrogens is 452 g/mol. The molecule has 0 bridgehead atoms. The van der Waals surface area contributed by atoms with Gasteiger partial charge in [0.25, 0.3) is 0 Å². The average molecular weight is 477 g/mol. The number of carbonyl (C=O) groups is 1. The fourth-order valence-corrected chi connectivity index (χ4v) is 4.64. The van der Waals surface area contributed by atoms with Gasteiger partial charge in [0.1, 0.15) is 0 Å². The highest BCUT2D eigenvalue weighted by Gasteiger charge is 2.18. The van der Waals surface area contributed by atoms with Crippen molar-refractivity contribution in [1.29, 1.82) is 0 Å². The second-order valence-corrected chi connectivity index (χ2v) is 9.47. The van der Waals surface area contributed by atoms with Gasteiger partial charge in [0, 0.05) is 22.0 Å². The lowest BCUT2D eigenvalue weighted by atomic mass is 10.1. The largest absolute Gasteiger partial charge is 0.325 e. The van der Waals surface area contributed by atoms with E-state index in [1.807, 2.05) is 73.9 Å². The maximum Gasteiger partial charge on any atom is 0.234 e. The van der Waals surface area contributed by atoms with Crippen LogP contribution in [0.4, 0.5) is 5.69 Å². The third-order valence-corrected chi connectivity index (χ3v) is 6.48. The number of aromatic nitrogens is 3. The van der Waals surface area contributed by atoms with Crippen LogP contribution in [0.15, 0.2) is 65.8 Å². The fourth-order valence-electron chi connectivity index (χ4n) is 3.76. The molecule has 0 aliphatic heterocycles. The summed E-state index contributed by atoms with van der Waals surface area (Å²) in [4.78, 5) is 12.8. The molecule has 3 aromatic carbocycles. The van der Waals surface area contributed by atoms with Crippen LogP contribution in [0, 0.1) is 27.7 Å². The zero-order valence-corrected chi connectivity index (χ0v) is 20.6. The Labute approximate surface area is 203 Å². The Morgan fingerprint density at radius 3 is 2.18 bits per heavy atom. The number of rotatable bonds is 6. The lowest BCUT2D eigenvalue weighted by molar-refractivity contribution is -0.113. The van der Waals surface area contributed by atoms with Gasteiger partial charge in [0.05, 0.1) is 5.75 Å². The quantitative estimate of drug-likeness (QED) is 0.320. The molecule has 0 aliphatic rings. The molecule has 33 heavy (non-hydrogen) atoms. The summed E-state index contributed by atoms with van der Waals surface area (Å²) in [5.41, 5.74) is 7.15. The van der Waals surface area contributed by atoms with E-state index in [1.165, 1.54) is 17.3 Å².